The molecule has 1 aliphatic rings. The van der Waals surface area contributed by atoms with Crippen molar-refractivity contribution in [3.8, 4) is 5.75 Å². The van der Waals surface area contributed by atoms with E-state index in [4.69, 9.17) is 4.74 Å². The minimum Gasteiger partial charge on any atom is -0.484 e. The van der Waals surface area contributed by atoms with Gasteiger partial charge in [0, 0.05) is 27.1 Å². The zero-order valence-corrected chi connectivity index (χ0v) is 24.5. The molecule has 0 bridgehead atoms. The molecule has 0 aliphatic heterocycles. The molecule has 1 aliphatic carbocycles. The standard InChI is InChI=1S/C30H32BrIN2O3/c31-24-11-7-10-23(18-24)20-34(29(35)21-37-27-16-14-25(32)15-17-27)28(19-22-8-3-1-4-9-22)30(36)33-26-12-5-2-6-13-26/h1,3-4,7-11,14-18,26,28H,2,5-6,12-13,19-21H2,(H,33,36)/t28-/m0/s1. The van der Waals surface area contributed by atoms with Crippen molar-refractivity contribution in [2.24, 2.45) is 0 Å². The van der Waals surface area contributed by atoms with Gasteiger partial charge in [0.2, 0.25) is 5.91 Å². The second kappa shape index (κ2) is 14.0. The molecule has 4 rings (SSSR count). The average molecular weight is 675 g/mol. The summed E-state index contributed by atoms with van der Waals surface area (Å²) in [6.07, 6.45) is 5.86. The fourth-order valence-corrected chi connectivity index (χ4v) is 5.50. The first-order valence-electron chi connectivity index (χ1n) is 12.7. The largest absolute Gasteiger partial charge is 0.484 e. The van der Waals surface area contributed by atoms with Crippen LogP contribution in [0, 0.1) is 3.57 Å². The Hall–Kier alpha value is -2.39. The first-order chi connectivity index (χ1) is 18.0. The van der Waals surface area contributed by atoms with Crippen LogP contribution in [0.25, 0.3) is 0 Å². The Balaban J connectivity index is 1.60. The molecule has 1 N–H and O–H groups in total. The van der Waals surface area contributed by atoms with E-state index in [0.29, 0.717) is 18.7 Å². The van der Waals surface area contributed by atoms with Gasteiger partial charge in [-0.25, -0.2) is 0 Å². The molecule has 1 atom stereocenters. The highest BCUT2D eigenvalue weighted by atomic mass is 127. The molecule has 2 amide bonds. The SMILES string of the molecule is O=C(NC1CCCCC1)[C@H](Cc1ccccc1)N(Cc1cccc(Br)c1)C(=O)COc1ccc(I)cc1. The van der Waals surface area contributed by atoms with Gasteiger partial charge < -0.3 is 15.0 Å². The number of hydrogen-bond donors (Lipinski definition) is 1. The molecule has 3 aromatic carbocycles. The third-order valence-corrected chi connectivity index (χ3v) is 7.85. The monoisotopic (exact) mass is 674 g/mol. The highest BCUT2D eigenvalue weighted by Crippen LogP contribution is 2.21. The zero-order chi connectivity index (χ0) is 26.0. The van der Waals surface area contributed by atoms with Crippen LogP contribution in [0.4, 0.5) is 0 Å². The second-order valence-corrected chi connectivity index (χ2v) is 11.6. The Morgan fingerprint density at radius 3 is 2.35 bits per heavy atom. The van der Waals surface area contributed by atoms with Crippen LogP contribution in [-0.2, 0) is 22.6 Å². The summed E-state index contributed by atoms with van der Waals surface area (Å²) in [5.74, 6) is 0.300. The van der Waals surface area contributed by atoms with Crippen LogP contribution in [0.2, 0.25) is 0 Å². The summed E-state index contributed by atoms with van der Waals surface area (Å²) in [5.41, 5.74) is 1.96. The molecule has 0 aromatic heterocycles. The van der Waals surface area contributed by atoms with Crippen molar-refractivity contribution in [1.82, 2.24) is 10.2 Å². The van der Waals surface area contributed by atoms with Gasteiger partial charge in [0.25, 0.3) is 5.91 Å². The molecule has 0 saturated heterocycles. The van der Waals surface area contributed by atoms with Crippen molar-refractivity contribution in [3.63, 3.8) is 0 Å². The van der Waals surface area contributed by atoms with Crippen molar-refractivity contribution in [1.29, 1.82) is 0 Å². The molecule has 1 saturated carbocycles. The normalized spacial score (nSPS) is 14.5. The molecular weight excluding hydrogens is 643 g/mol. The van der Waals surface area contributed by atoms with Gasteiger partial charge >= 0.3 is 0 Å². The third kappa shape index (κ3) is 8.57. The van der Waals surface area contributed by atoms with Gasteiger partial charge in [0.15, 0.2) is 6.61 Å². The summed E-state index contributed by atoms with van der Waals surface area (Å²) in [6.45, 7) is 0.167. The summed E-state index contributed by atoms with van der Waals surface area (Å²) in [4.78, 5) is 29.2. The fraction of sp³-hybridized carbons (Fsp3) is 0.333. The van der Waals surface area contributed by atoms with E-state index in [1.165, 1.54) is 6.42 Å². The minimum atomic E-state index is -0.656. The molecule has 0 radical (unpaired) electrons. The van der Waals surface area contributed by atoms with E-state index in [9.17, 15) is 9.59 Å². The highest BCUT2D eigenvalue weighted by molar-refractivity contribution is 14.1. The number of carbonyl (C=O) groups is 2. The van der Waals surface area contributed by atoms with E-state index in [1.54, 1.807) is 4.90 Å². The van der Waals surface area contributed by atoms with Gasteiger partial charge in [-0.05, 0) is 83.0 Å². The molecule has 0 heterocycles. The van der Waals surface area contributed by atoms with Crippen molar-refractivity contribution < 1.29 is 14.3 Å². The summed E-state index contributed by atoms with van der Waals surface area (Å²) < 4.78 is 7.88. The second-order valence-electron chi connectivity index (χ2n) is 9.44. The smallest absolute Gasteiger partial charge is 0.261 e. The Labute approximate surface area is 241 Å². The van der Waals surface area contributed by atoms with E-state index in [2.05, 4.69) is 43.8 Å². The highest BCUT2D eigenvalue weighted by Gasteiger charge is 2.32. The quantitative estimate of drug-likeness (QED) is 0.249. The van der Waals surface area contributed by atoms with Crippen molar-refractivity contribution in [2.45, 2.75) is 57.2 Å². The van der Waals surface area contributed by atoms with Crippen molar-refractivity contribution >= 4 is 50.3 Å². The first-order valence-corrected chi connectivity index (χ1v) is 14.6. The molecule has 5 nitrogen and oxygen atoms in total. The van der Waals surface area contributed by atoms with Crippen LogP contribution in [0.5, 0.6) is 5.75 Å². The number of amides is 2. The van der Waals surface area contributed by atoms with Crippen LogP contribution in [0.3, 0.4) is 0 Å². The Bertz CT molecular complexity index is 1170. The maximum absolute atomic E-state index is 13.8. The maximum Gasteiger partial charge on any atom is 0.261 e. The molecule has 0 spiro atoms. The zero-order valence-electron chi connectivity index (χ0n) is 20.7. The maximum atomic E-state index is 13.8. The fourth-order valence-electron chi connectivity index (χ4n) is 4.69. The molecule has 7 heteroatoms. The topological polar surface area (TPSA) is 58.6 Å². The van der Waals surface area contributed by atoms with Crippen LogP contribution < -0.4 is 10.1 Å². The first kappa shape index (κ1) is 27.6. The number of rotatable bonds is 10. The molecular formula is C30H32BrIN2O3. The number of halogens is 2. The van der Waals surface area contributed by atoms with Gasteiger partial charge in [0.1, 0.15) is 11.8 Å². The van der Waals surface area contributed by atoms with E-state index in [0.717, 1.165) is 44.9 Å². The van der Waals surface area contributed by atoms with Gasteiger partial charge in [-0.1, -0.05) is 77.7 Å². The summed E-state index contributed by atoms with van der Waals surface area (Å²) in [5, 5.41) is 3.27. The Morgan fingerprint density at radius 1 is 0.946 bits per heavy atom. The average Bonchev–Trinajstić information content (AvgIpc) is 2.91. The van der Waals surface area contributed by atoms with Gasteiger partial charge in [-0.15, -0.1) is 0 Å². The van der Waals surface area contributed by atoms with Crippen LogP contribution >= 0.6 is 38.5 Å². The predicted octanol–water partition coefficient (Wildman–Crippen LogP) is 6.52. The Morgan fingerprint density at radius 2 is 1.65 bits per heavy atom. The molecule has 0 unspecified atom stereocenters. The molecule has 37 heavy (non-hydrogen) atoms. The summed E-state index contributed by atoms with van der Waals surface area (Å²) in [6, 6.07) is 24.8. The summed E-state index contributed by atoms with van der Waals surface area (Å²) >= 11 is 5.77. The molecule has 3 aromatic rings. The minimum absolute atomic E-state index is 0.103. The number of carbonyl (C=O) groups excluding carboxylic acids is 2. The van der Waals surface area contributed by atoms with E-state index < -0.39 is 6.04 Å². The number of nitrogens with one attached hydrogen (secondary N) is 1. The lowest BCUT2D eigenvalue weighted by Gasteiger charge is -2.33. The van der Waals surface area contributed by atoms with Crippen LogP contribution in [0.15, 0.2) is 83.3 Å². The van der Waals surface area contributed by atoms with E-state index in [1.807, 2.05) is 78.9 Å². The lowest BCUT2D eigenvalue weighted by Crippen LogP contribution is -2.53. The predicted molar refractivity (Wildman–Crippen MR) is 158 cm³/mol. The molecule has 1 fully saturated rings. The Kier molecular flexibility index (Phi) is 10.4. The van der Waals surface area contributed by atoms with E-state index in [-0.39, 0.29) is 24.5 Å². The van der Waals surface area contributed by atoms with Gasteiger partial charge in [-0.3, -0.25) is 9.59 Å². The van der Waals surface area contributed by atoms with Gasteiger partial charge in [-0.2, -0.15) is 0 Å². The third-order valence-electron chi connectivity index (χ3n) is 6.64. The van der Waals surface area contributed by atoms with Crippen LogP contribution in [-0.4, -0.2) is 35.4 Å². The number of benzene rings is 3. The number of nitrogens with zero attached hydrogens (tertiary/aromatic N) is 1. The van der Waals surface area contributed by atoms with Gasteiger partial charge in [0.05, 0.1) is 0 Å². The number of ether oxygens (including phenoxy) is 1. The van der Waals surface area contributed by atoms with E-state index >= 15 is 0 Å². The lowest BCUT2D eigenvalue weighted by molar-refractivity contribution is -0.143. The number of hydrogen-bond acceptors (Lipinski definition) is 3. The lowest BCUT2D eigenvalue weighted by atomic mass is 9.94. The molecule has 194 valence electrons. The van der Waals surface area contributed by atoms with Crippen molar-refractivity contribution in [3.05, 3.63) is 98.0 Å². The summed E-state index contributed by atoms with van der Waals surface area (Å²) in [7, 11) is 0. The van der Waals surface area contributed by atoms with Crippen molar-refractivity contribution in [2.75, 3.05) is 6.61 Å². The van der Waals surface area contributed by atoms with Crippen LogP contribution in [0.1, 0.15) is 43.2 Å².